The number of benzene rings is 1. The molecule has 1 aromatic heterocycles. The Bertz CT molecular complexity index is 704. The fraction of sp³-hybridized carbons (Fsp3) is 0.529. The van der Waals surface area contributed by atoms with Crippen LogP contribution in [0.5, 0.6) is 0 Å². The molecule has 1 saturated carbocycles. The number of hydrogen-bond acceptors (Lipinski definition) is 4. The number of amides is 2. The van der Waals surface area contributed by atoms with Crippen LogP contribution >= 0.6 is 0 Å². The van der Waals surface area contributed by atoms with E-state index in [4.69, 9.17) is 9.52 Å². The standard InChI is InChI=1S/C17H23N3O3/c1-17(2,7-8-21)10-18-16(22)19-12-5-6-13-14(9-12)23-15(20-13)11-3-4-11/h5-6,9,11,21H,3-4,7-8,10H2,1-2H3,(H2,18,19,22). The molecule has 1 aliphatic rings. The van der Waals surface area contributed by atoms with Crippen molar-refractivity contribution in [3.05, 3.63) is 24.1 Å². The predicted molar refractivity (Wildman–Crippen MR) is 88.5 cm³/mol. The number of hydrogen-bond donors (Lipinski definition) is 3. The van der Waals surface area contributed by atoms with Gasteiger partial charge in [-0.3, -0.25) is 0 Å². The van der Waals surface area contributed by atoms with Crippen LogP contribution in [0, 0.1) is 5.41 Å². The van der Waals surface area contributed by atoms with Gasteiger partial charge in [0.15, 0.2) is 11.5 Å². The first-order chi connectivity index (χ1) is 11.0. The van der Waals surface area contributed by atoms with Gasteiger partial charge in [-0.15, -0.1) is 0 Å². The molecule has 3 rings (SSSR count). The van der Waals surface area contributed by atoms with Crippen LogP contribution in [-0.2, 0) is 0 Å². The lowest BCUT2D eigenvalue weighted by molar-refractivity contribution is 0.204. The maximum atomic E-state index is 12.0. The van der Waals surface area contributed by atoms with E-state index in [1.807, 2.05) is 26.0 Å². The lowest BCUT2D eigenvalue weighted by Gasteiger charge is -2.23. The van der Waals surface area contributed by atoms with Gasteiger partial charge >= 0.3 is 6.03 Å². The Labute approximate surface area is 135 Å². The van der Waals surface area contributed by atoms with Gasteiger partial charge in [0.1, 0.15) is 5.52 Å². The third kappa shape index (κ3) is 4.01. The van der Waals surface area contributed by atoms with E-state index in [0.29, 0.717) is 30.2 Å². The quantitative estimate of drug-likeness (QED) is 0.763. The second-order valence-electron chi connectivity index (χ2n) is 6.95. The summed E-state index contributed by atoms with van der Waals surface area (Å²) in [5.41, 5.74) is 2.06. The normalized spacial score (nSPS) is 14.9. The maximum absolute atomic E-state index is 12.0. The topological polar surface area (TPSA) is 87.4 Å². The van der Waals surface area contributed by atoms with Crippen LogP contribution in [0.4, 0.5) is 10.5 Å². The number of nitrogens with zero attached hydrogens (tertiary/aromatic N) is 1. The van der Waals surface area contributed by atoms with Gasteiger partial charge in [-0.25, -0.2) is 9.78 Å². The molecule has 0 spiro atoms. The van der Waals surface area contributed by atoms with E-state index >= 15 is 0 Å². The van der Waals surface area contributed by atoms with Crippen molar-refractivity contribution in [1.29, 1.82) is 0 Å². The summed E-state index contributed by atoms with van der Waals surface area (Å²) in [6.45, 7) is 4.62. The Hall–Kier alpha value is -2.08. The van der Waals surface area contributed by atoms with Crippen molar-refractivity contribution in [3.63, 3.8) is 0 Å². The molecular formula is C17H23N3O3. The summed E-state index contributed by atoms with van der Waals surface area (Å²) in [6, 6.07) is 5.21. The highest BCUT2D eigenvalue weighted by Gasteiger charge is 2.28. The number of aromatic nitrogens is 1. The highest BCUT2D eigenvalue weighted by Crippen LogP contribution is 2.40. The smallest absolute Gasteiger partial charge is 0.319 e. The summed E-state index contributed by atoms with van der Waals surface area (Å²) >= 11 is 0. The van der Waals surface area contributed by atoms with Gasteiger partial charge in [0.05, 0.1) is 0 Å². The SMILES string of the molecule is CC(C)(CCO)CNC(=O)Nc1ccc2nc(C3CC3)oc2c1. The van der Waals surface area contributed by atoms with E-state index in [9.17, 15) is 4.79 Å². The van der Waals surface area contributed by atoms with Crippen molar-refractivity contribution in [3.8, 4) is 0 Å². The monoisotopic (exact) mass is 317 g/mol. The summed E-state index contributed by atoms with van der Waals surface area (Å²) in [4.78, 5) is 16.5. The number of fused-ring (bicyclic) bond motifs is 1. The zero-order valence-electron chi connectivity index (χ0n) is 13.6. The summed E-state index contributed by atoms with van der Waals surface area (Å²) in [7, 11) is 0. The number of rotatable bonds is 6. The van der Waals surface area contributed by atoms with E-state index < -0.39 is 0 Å². The highest BCUT2D eigenvalue weighted by atomic mass is 16.3. The molecule has 1 aromatic carbocycles. The molecule has 0 aliphatic heterocycles. The minimum atomic E-state index is -0.266. The Morgan fingerprint density at radius 2 is 2.22 bits per heavy atom. The van der Waals surface area contributed by atoms with Crippen LogP contribution in [0.2, 0.25) is 0 Å². The number of aliphatic hydroxyl groups excluding tert-OH is 1. The second kappa shape index (κ2) is 6.20. The second-order valence-corrected chi connectivity index (χ2v) is 6.95. The third-order valence-corrected chi connectivity index (χ3v) is 4.11. The first kappa shape index (κ1) is 15.8. The van der Waals surface area contributed by atoms with Crippen molar-refractivity contribution >= 4 is 22.8 Å². The molecule has 1 heterocycles. The first-order valence-corrected chi connectivity index (χ1v) is 8.03. The molecule has 0 bridgehead atoms. The molecule has 1 fully saturated rings. The van der Waals surface area contributed by atoms with Crippen LogP contribution < -0.4 is 10.6 Å². The van der Waals surface area contributed by atoms with Gasteiger partial charge in [0, 0.05) is 30.8 Å². The van der Waals surface area contributed by atoms with Crippen LogP contribution in [0.25, 0.3) is 11.1 Å². The Morgan fingerprint density at radius 1 is 1.43 bits per heavy atom. The summed E-state index contributed by atoms with van der Waals surface area (Å²) in [5.74, 6) is 1.27. The largest absolute Gasteiger partial charge is 0.440 e. The van der Waals surface area contributed by atoms with E-state index in [-0.39, 0.29) is 18.1 Å². The number of nitrogens with one attached hydrogen (secondary N) is 2. The van der Waals surface area contributed by atoms with E-state index in [0.717, 1.165) is 24.2 Å². The Morgan fingerprint density at radius 3 is 2.91 bits per heavy atom. The number of carbonyl (C=O) groups is 1. The molecule has 3 N–H and O–H groups in total. The van der Waals surface area contributed by atoms with Gasteiger partial charge in [-0.05, 0) is 36.8 Å². The minimum absolute atomic E-state index is 0.113. The Kier molecular flexibility index (Phi) is 4.26. The molecule has 0 saturated heterocycles. The molecule has 0 atom stereocenters. The van der Waals surface area contributed by atoms with Crippen molar-refractivity contribution < 1.29 is 14.3 Å². The number of aliphatic hydroxyl groups is 1. The number of urea groups is 1. The molecular weight excluding hydrogens is 294 g/mol. The maximum Gasteiger partial charge on any atom is 0.319 e. The van der Waals surface area contributed by atoms with Gasteiger partial charge in [0.2, 0.25) is 0 Å². The van der Waals surface area contributed by atoms with Gasteiger partial charge in [-0.2, -0.15) is 0 Å². The molecule has 23 heavy (non-hydrogen) atoms. The zero-order valence-corrected chi connectivity index (χ0v) is 13.6. The summed E-state index contributed by atoms with van der Waals surface area (Å²) in [6.07, 6.45) is 2.93. The van der Waals surface area contributed by atoms with Crippen molar-refractivity contribution in [2.24, 2.45) is 5.41 Å². The van der Waals surface area contributed by atoms with Crippen molar-refractivity contribution in [2.45, 2.75) is 39.0 Å². The van der Waals surface area contributed by atoms with E-state index in [1.165, 1.54) is 0 Å². The first-order valence-electron chi connectivity index (χ1n) is 8.03. The molecule has 2 amide bonds. The minimum Gasteiger partial charge on any atom is -0.440 e. The number of carbonyl (C=O) groups excluding carboxylic acids is 1. The average Bonchev–Trinajstić information content (AvgIpc) is 3.25. The fourth-order valence-electron chi connectivity index (χ4n) is 2.41. The number of oxazole rings is 1. The van der Waals surface area contributed by atoms with Gasteiger partial charge in [0.25, 0.3) is 0 Å². The van der Waals surface area contributed by atoms with Crippen LogP contribution in [0.1, 0.15) is 44.9 Å². The fourth-order valence-corrected chi connectivity index (χ4v) is 2.41. The average molecular weight is 317 g/mol. The molecule has 0 unspecified atom stereocenters. The number of anilines is 1. The van der Waals surface area contributed by atoms with Crippen LogP contribution in [-0.4, -0.2) is 29.3 Å². The van der Waals surface area contributed by atoms with E-state index in [2.05, 4.69) is 15.6 Å². The van der Waals surface area contributed by atoms with Crippen molar-refractivity contribution in [1.82, 2.24) is 10.3 Å². The molecule has 1 aliphatic carbocycles. The summed E-state index contributed by atoms with van der Waals surface area (Å²) in [5, 5.41) is 14.6. The molecule has 2 aromatic rings. The van der Waals surface area contributed by atoms with Gasteiger partial charge in [-0.1, -0.05) is 13.8 Å². The zero-order chi connectivity index (χ0) is 16.4. The molecule has 6 nitrogen and oxygen atoms in total. The summed E-state index contributed by atoms with van der Waals surface area (Å²) < 4.78 is 5.75. The molecule has 124 valence electrons. The predicted octanol–water partition coefficient (Wildman–Crippen LogP) is 3.24. The highest BCUT2D eigenvalue weighted by molar-refractivity contribution is 5.91. The molecule has 0 radical (unpaired) electrons. The van der Waals surface area contributed by atoms with Crippen LogP contribution in [0.15, 0.2) is 22.6 Å². The molecule has 6 heteroatoms. The third-order valence-electron chi connectivity index (χ3n) is 4.11. The van der Waals surface area contributed by atoms with E-state index in [1.54, 1.807) is 6.07 Å². The van der Waals surface area contributed by atoms with Crippen molar-refractivity contribution in [2.75, 3.05) is 18.5 Å². The lowest BCUT2D eigenvalue weighted by Crippen LogP contribution is -2.37. The van der Waals surface area contributed by atoms with Gasteiger partial charge < -0.3 is 20.2 Å². The lowest BCUT2D eigenvalue weighted by atomic mass is 9.90. The Balaban J connectivity index is 1.60. The van der Waals surface area contributed by atoms with Crippen LogP contribution in [0.3, 0.4) is 0 Å².